The van der Waals surface area contributed by atoms with E-state index in [2.05, 4.69) is 20.6 Å². The molecule has 2 N–H and O–H groups in total. The highest BCUT2D eigenvalue weighted by Gasteiger charge is 2.20. The minimum absolute atomic E-state index is 0.00239. The number of rotatable bonds is 8. The Morgan fingerprint density at radius 2 is 1.95 bits per heavy atom. The number of nitrogens with one attached hydrogen (secondary N) is 2. The fourth-order valence-corrected chi connectivity index (χ4v) is 3.86. The molecule has 1 aliphatic heterocycles. The van der Waals surface area contributed by atoms with Crippen LogP contribution in [-0.2, 0) is 9.47 Å². The molecule has 2 heterocycles. The quantitative estimate of drug-likeness (QED) is 0.360. The van der Waals surface area contributed by atoms with Gasteiger partial charge in [0, 0.05) is 30.0 Å². The molecule has 3 aromatic rings. The number of anilines is 2. The van der Waals surface area contributed by atoms with Crippen LogP contribution < -0.4 is 20.1 Å². The molecule has 9 nitrogen and oxygen atoms in total. The highest BCUT2D eigenvalue weighted by atomic mass is 35.5. The van der Waals surface area contributed by atoms with Crippen LogP contribution in [0, 0.1) is 5.82 Å². The van der Waals surface area contributed by atoms with Crippen molar-refractivity contribution in [3.05, 3.63) is 47.5 Å². The summed E-state index contributed by atoms with van der Waals surface area (Å²) < 4.78 is 36.6. The molecule has 0 unspecified atom stereocenters. The molecule has 1 aliphatic rings. The smallest absolute Gasteiger partial charge is 0.407 e. The van der Waals surface area contributed by atoms with Crippen LogP contribution in [0.2, 0.25) is 5.02 Å². The first kappa shape index (κ1) is 26.7. The average molecular weight is 533 g/mol. The molecule has 198 valence electrons. The van der Waals surface area contributed by atoms with E-state index in [1.165, 1.54) is 18.5 Å². The molecule has 0 radical (unpaired) electrons. The summed E-state index contributed by atoms with van der Waals surface area (Å²) in [6.45, 7) is 7.07. The predicted molar refractivity (Wildman–Crippen MR) is 138 cm³/mol. The van der Waals surface area contributed by atoms with Gasteiger partial charge in [-0.15, -0.1) is 0 Å². The molecule has 11 heteroatoms. The molecule has 2 aromatic carbocycles. The summed E-state index contributed by atoms with van der Waals surface area (Å²) in [7, 11) is 0. The van der Waals surface area contributed by atoms with Crippen molar-refractivity contribution < 1.29 is 28.1 Å². The number of hydrogen-bond donors (Lipinski definition) is 2. The van der Waals surface area contributed by atoms with E-state index in [4.69, 9.17) is 30.5 Å². The second-order valence-corrected chi connectivity index (χ2v) is 9.91. The van der Waals surface area contributed by atoms with Crippen molar-refractivity contribution in [2.45, 2.75) is 45.3 Å². The van der Waals surface area contributed by atoms with Crippen LogP contribution in [0.5, 0.6) is 11.5 Å². The van der Waals surface area contributed by atoms with Gasteiger partial charge in [-0.2, -0.15) is 0 Å². The van der Waals surface area contributed by atoms with Crippen LogP contribution in [0.3, 0.4) is 0 Å². The summed E-state index contributed by atoms with van der Waals surface area (Å²) in [5, 5.41) is 6.53. The fraction of sp³-hybridized carbons (Fsp3) is 0.423. The molecular formula is C26H30ClFN4O5. The first-order valence-electron chi connectivity index (χ1n) is 12.0. The molecule has 1 fully saturated rings. The minimum atomic E-state index is -0.585. The summed E-state index contributed by atoms with van der Waals surface area (Å²) in [6.07, 6.45) is 2.37. The first-order chi connectivity index (χ1) is 17.7. The third kappa shape index (κ3) is 7.56. The number of benzene rings is 2. The first-order valence-corrected chi connectivity index (χ1v) is 12.4. The third-order valence-corrected chi connectivity index (χ3v) is 5.66. The van der Waals surface area contributed by atoms with E-state index in [-0.39, 0.29) is 24.3 Å². The number of halogens is 2. The maximum absolute atomic E-state index is 13.6. The van der Waals surface area contributed by atoms with Gasteiger partial charge in [0.1, 0.15) is 36.3 Å². The molecule has 0 aliphatic carbocycles. The van der Waals surface area contributed by atoms with Crippen LogP contribution in [0.15, 0.2) is 36.7 Å². The number of alkyl carbamates (subject to hydrolysis) is 1. The lowest BCUT2D eigenvalue weighted by molar-refractivity contribution is 0.0243. The van der Waals surface area contributed by atoms with E-state index in [1.807, 2.05) is 6.07 Å². The molecule has 1 amide bonds. The number of nitrogens with zero attached hydrogens (tertiary/aromatic N) is 2. The molecule has 0 bridgehead atoms. The average Bonchev–Trinajstić information content (AvgIpc) is 2.84. The highest BCUT2D eigenvalue weighted by Crippen LogP contribution is 2.36. The van der Waals surface area contributed by atoms with Gasteiger partial charge in [-0.05, 0) is 45.0 Å². The Morgan fingerprint density at radius 1 is 1.16 bits per heavy atom. The zero-order chi connectivity index (χ0) is 26.4. The van der Waals surface area contributed by atoms with E-state index < -0.39 is 17.5 Å². The van der Waals surface area contributed by atoms with E-state index in [0.717, 1.165) is 12.8 Å². The molecule has 0 spiro atoms. The van der Waals surface area contributed by atoms with Crippen LogP contribution in [0.25, 0.3) is 10.9 Å². The summed E-state index contributed by atoms with van der Waals surface area (Å²) >= 11 is 5.94. The Morgan fingerprint density at radius 3 is 2.68 bits per heavy atom. The molecule has 1 saturated heterocycles. The fourth-order valence-electron chi connectivity index (χ4n) is 3.68. The van der Waals surface area contributed by atoms with Crippen molar-refractivity contribution in [3.63, 3.8) is 0 Å². The lowest BCUT2D eigenvalue weighted by Gasteiger charge is -2.25. The maximum atomic E-state index is 13.6. The summed E-state index contributed by atoms with van der Waals surface area (Å²) in [6, 6.07) is 7.92. The lowest BCUT2D eigenvalue weighted by Crippen LogP contribution is -2.34. The SMILES string of the molecule is CC(C)(C)OC(=O)NCCOc1cc2ncnc(Nc3ccc(F)c(Cl)c3)c2cc1OC1CCOCC1. The van der Waals surface area contributed by atoms with Crippen LogP contribution in [0.4, 0.5) is 20.7 Å². The van der Waals surface area contributed by atoms with E-state index in [0.29, 0.717) is 47.1 Å². The Balaban J connectivity index is 1.56. The molecule has 0 atom stereocenters. The highest BCUT2D eigenvalue weighted by molar-refractivity contribution is 6.31. The van der Waals surface area contributed by atoms with Gasteiger partial charge >= 0.3 is 6.09 Å². The van der Waals surface area contributed by atoms with Crippen molar-refractivity contribution in [3.8, 4) is 11.5 Å². The number of fused-ring (bicyclic) bond motifs is 1. The van der Waals surface area contributed by atoms with Gasteiger partial charge < -0.3 is 29.6 Å². The Kier molecular flexibility index (Phi) is 8.50. The van der Waals surface area contributed by atoms with Gasteiger partial charge in [-0.3, -0.25) is 0 Å². The van der Waals surface area contributed by atoms with Crippen molar-refractivity contribution in [2.24, 2.45) is 0 Å². The number of hydrogen-bond acceptors (Lipinski definition) is 8. The Labute approximate surface area is 219 Å². The number of carbonyl (C=O) groups is 1. The number of ether oxygens (including phenoxy) is 4. The van der Waals surface area contributed by atoms with E-state index in [9.17, 15) is 9.18 Å². The second kappa shape index (κ2) is 11.8. The second-order valence-electron chi connectivity index (χ2n) is 9.50. The van der Waals surface area contributed by atoms with Crippen molar-refractivity contribution >= 4 is 40.1 Å². The lowest BCUT2D eigenvalue weighted by atomic mass is 10.1. The molecule has 4 rings (SSSR count). The number of aromatic nitrogens is 2. The number of amides is 1. The van der Waals surface area contributed by atoms with Crippen LogP contribution >= 0.6 is 11.6 Å². The standard InChI is InChI=1S/C26H30ClFN4O5/c1-26(2,3)37-25(33)29-8-11-35-22-14-21-18(13-23(22)36-17-6-9-34-10-7-17)24(31-15-30-21)32-16-4-5-20(28)19(27)12-16/h4-5,12-15,17H,6-11H2,1-3H3,(H,29,33)(H,30,31,32). The predicted octanol–water partition coefficient (Wildman–Crippen LogP) is 5.63. The van der Waals surface area contributed by atoms with Crippen molar-refractivity contribution in [1.82, 2.24) is 15.3 Å². The van der Waals surface area contributed by atoms with Gasteiger partial charge in [0.05, 0.1) is 30.3 Å². The third-order valence-electron chi connectivity index (χ3n) is 5.37. The Hall–Kier alpha value is -3.37. The minimum Gasteiger partial charge on any atom is -0.488 e. The molecular weight excluding hydrogens is 503 g/mol. The van der Waals surface area contributed by atoms with Gasteiger partial charge in [-0.25, -0.2) is 19.2 Å². The van der Waals surface area contributed by atoms with Gasteiger partial charge in [0.2, 0.25) is 0 Å². The van der Waals surface area contributed by atoms with Gasteiger partial charge in [-0.1, -0.05) is 11.6 Å². The molecule has 0 saturated carbocycles. The summed E-state index contributed by atoms with van der Waals surface area (Å²) in [5.74, 6) is 1.00. The van der Waals surface area contributed by atoms with Crippen LogP contribution in [-0.4, -0.2) is 54.1 Å². The zero-order valence-electron chi connectivity index (χ0n) is 21.0. The van der Waals surface area contributed by atoms with E-state index >= 15 is 0 Å². The van der Waals surface area contributed by atoms with Gasteiger partial charge in [0.25, 0.3) is 0 Å². The van der Waals surface area contributed by atoms with Gasteiger partial charge in [0.15, 0.2) is 11.5 Å². The molecule has 1 aromatic heterocycles. The van der Waals surface area contributed by atoms with Crippen molar-refractivity contribution in [2.75, 3.05) is 31.7 Å². The molecule has 37 heavy (non-hydrogen) atoms. The topological polar surface area (TPSA) is 104 Å². The zero-order valence-corrected chi connectivity index (χ0v) is 21.7. The number of carbonyl (C=O) groups excluding carboxylic acids is 1. The normalized spacial score (nSPS) is 14.3. The Bertz CT molecular complexity index is 1250. The van der Waals surface area contributed by atoms with E-state index in [1.54, 1.807) is 32.9 Å². The summed E-state index contributed by atoms with van der Waals surface area (Å²) in [4.78, 5) is 20.7. The van der Waals surface area contributed by atoms with Crippen LogP contribution in [0.1, 0.15) is 33.6 Å². The maximum Gasteiger partial charge on any atom is 0.407 e. The summed E-state index contributed by atoms with van der Waals surface area (Å²) in [5.41, 5.74) is 0.602. The monoisotopic (exact) mass is 532 g/mol. The van der Waals surface area contributed by atoms with Crippen molar-refractivity contribution in [1.29, 1.82) is 0 Å². The largest absolute Gasteiger partial charge is 0.488 e.